The van der Waals surface area contributed by atoms with E-state index in [0.29, 0.717) is 56.9 Å². The first-order valence-corrected chi connectivity index (χ1v) is 31.6. The lowest BCUT2D eigenvalue weighted by molar-refractivity contribution is -0.154. The summed E-state index contributed by atoms with van der Waals surface area (Å²) < 4.78 is 29.6. The molecule has 24 nitrogen and oxygen atoms in total. The molecular formula is C70H102O24. The molecular weight excluding hydrogens is 1220 g/mol. The molecule has 3 rings (SSSR count). The highest BCUT2D eigenvalue weighted by atomic mass is 16.6. The van der Waals surface area contributed by atoms with Crippen molar-refractivity contribution in [2.45, 2.75) is 191 Å². The molecule has 526 valence electrons. The van der Waals surface area contributed by atoms with E-state index in [0.717, 1.165) is 60.8 Å². The molecule has 94 heavy (non-hydrogen) atoms. The monoisotopic (exact) mass is 1330 g/mol. The van der Waals surface area contributed by atoms with Crippen molar-refractivity contribution >= 4 is 77.7 Å². The third kappa shape index (κ3) is 57.0. The molecule has 0 radical (unpaired) electrons. The molecule has 0 aliphatic heterocycles. The number of hydrogen-bond donors (Lipinski definition) is 6. The molecule has 3 aromatic rings. The number of hydrogen-bond acceptors (Lipinski definition) is 18. The molecule has 0 heterocycles. The Labute approximate surface area is 552 Å². The molecule has 0 aromatic heterocycles. The lowest BCUT2D eigenvalue weighted by atomic mass is 9.97. The summed E-state index contributed by atoms with van der Waals surface area (Å²) >= 11 is 0. The Morgan fingerprint density at radius 2 is 0.798 bits per heavy atom. The number of carboxylic acid groups (broad SMARTS) is 6. The van der Waals surface area contributed by atoms with Crippen LogP contribution in [0.5, 0.6) is 0 Å². The number of carboxylic acids is 6. The van der Waals surface area contributed by atoms with Gasteiger partial charge < -0.3 is 59.1 Å². The third-order valence-electron chi connectivity index (χ3n) is 12.3. The molecule has 0 aliphatic rings. The Morgan fingerprint density at radius 1 is 0.436 bits per heavy atom. The zero-order valence-electron chi connectivity index (χ0n) is 56.2. The van der Waals surface area contributed by atoms with Crippen LogP contribution >= 0.6 is 0 Å². The lowest BCUT2D eigenvalue weighted by Gasteiger charge is -2.16. The van der Waals surface area contributed by atoms with Gasteiger partial charge in [0.25, 0.3) is 0 Å². The van der Waals surface area contributed by atoms with Crippen LogP contribution in [0, 0.1) is 31.1 Å². The number of carbonyl (C=O) groups excluding carboxylic acids is 6. The van der Waals surface area contributed by atoms with Crippen molar-refractivity contribution in [3.05, 3.63) is 113 Å². The average Bonchev–Trinajstić information content (AvgIpc) is 1.07. The van der Waals surface area contributed by atoms with Crippen molar-refractivity contribution in [1.29, 1.82) is 0 Å². The zero-order valence-corrected chi connectivity index (χ0v) is 56.2. The summed E-state index contributed by atoms with van der Waals surface area (Å²) in [4.78, 5) is 129. The second-order valence-corrected chi connectivity index (χ2v) is 22.1. The zero-order chi connectivity index (χ0) is 71.7. The maximum absolute atomic E-state index is 11.6. The maximum Gasteiger partial charge on any atom is 0.338 e. The van der Waals surface area contributed by atoms with E-state index in [4.69, 9.17) is 59.1 Å². The highest BCUT2D eigenvalue weighted by Gasteiger charge is 2.23. The van der Waals surface area contributed by atoms with Crippen LogP contribution in [0.1, 0.15) is 203 Å². The molecule has 3 aromatic carbocycles. The van der Waals surface area contributed by atoms with Gasteiger partial charge in [-0.05, 0) is 135 Å². The molecule has 0 unspecified atom stereocenters. The maximum atomic E-state index is 11.6. The topological polar surface area (TPSA) is 382 Å². The van der Waals surface area contributed by atoms with E-state index in [1.807, 2.05) is 108 Å². The van der Waals surface area contributed by atoms with Gasteiger partial charge >= 0.3 is 71.6 Å². The van der Waals surface area contributed by atoms with Gasteiger partial charge in [0.1, 0.15) is 0 Å². The highest BCUT2D eigenvalue weighted by molar-refractivity contribution is 5.90. The van der Waals surface area contributed by atoms with Crippen molar-refractivity contribution in [3.8, 4) is 0 Å². The Morgan fingerprint density at radius 3 is 1.18 bits per heavy atom. The van der Waals surface area contributed by atoms with Crippen LogP contribution in [0.25, 0.3) is 6.08 Å². The minimum atomic E-state index is -0.888. The van der Waals surface area contributed by atoms with Crippen LogP contribution in [0.3, 0.4) is 0 Å². The SMILES string of the molecule is CC(C)(C)C(=O)OCCCC(=O)O.CCC(CC)C(=O)OCCCC(=O)O.CCCC(CCC)C(=O)OCCCC(=O)O.Cc1cc(C)cc(C(=O)OCCCC(=O)O)c1.O=C(O)CCCOC(=O)/C=C/c1ccccc1.O=C(O)CCCOC(=O)CCc1ccccc1. The fourth-order valence-electron chi connectivity index (χ4n) is 7.44. The normalized spacial score (nSPS) is 10.3. The van der Waals surface area contributed by atoms with Crippen molar-refractivity contribution in [2.75, 3.05) is 39.6 Å². The summed E-state index contributed by atoms with van der Waals surface area (Å²) in [7, 11) is 0. The smallest absolute Gasteiger partial charge is 0.338 e. The van der Waals surface area contributed by atoms with E-state index < -0.39 is 53.2 Å². The lowest BCUT2D eigenvalue weighted by Crippen LogP contribution is -2.23. The van der Waals surface area contributed by atoms with Gasteiger partial charge in [-0.1, -0.05) is 118 Å². The number of benzene rings is 3. The summed E-state index contributed by atoms with van der Waals surface area (Å²) in [5.41, 5.74) is 4.01. The van der Waals surface area contributed by atoms with Gasteiger partial charge in [-0.25, -0.2) is 9.59 Å². The van der Waals surface area contributed by atoms with Gasteiger partial charge in [-0.15, -0.1) is 0 Å². The molecule has 0 saturated carbocycles. The van der Waals surface area contributed by atoms with E-state index >= 15 is 0 Å². The molecule has 0 bridgehead atoms. The van der Waals surface area contributed by atoms with Gasteiger partial charge in [-0.2, -0.15) is 0 Å². The molecule has 0 atom stereocenters. The summed E-state index contributed by atoms with van der Waals surface area (Å²) in [5.74, 6) is -7.09. The quantitative estimate of drug-likeness (QED) is 0.0134. The standard InChI is InChI=1S/2C13H16O4.C13H14O4.C12H22O4.C10H18O4.C9H16O4/c1-9-6-10(2)8-11(7-9)13(16)17-5-3-4-12(14)15;2*14-12(15)7-4-10-17-13(16)9-8-11-5-2-1-3-6-11;1-3-6-10(7-4-2)12(15)16-9-5-8-11(13)14;1-3-8(4-2)10(13)14-7-5-6-9(11)12;1-9(2,3)8(12)13-6-4-5-7(10)11/h6-8H,3-5H2,1-2H3,(H,14,15);1-3,5-6H,4,7-10H2,(H,14,15);1-3,5-6,8-9H,4,7,10H2,(H,14,15);10H,3-9H2,1-2H3,(H,13,14);8H,3-7H2,1-2H3,(H,11,12);4-6H2,1-3H3,(H,10,11)/b;;9-8+;;;. The van der Waals surface area contributed by atoms with Crippen molar-refractivity contribution < 1.29 is 117 Å². The van der Waals surface area contributed by atoms with E-state index in [9.17, 15) is 57.5 Å². The molecule has 24 heteroatoms. The first-order valence-electron chi connectivity index (χ1n) is 31.6. The molecule has 0 saturated heterocycles. The van der Waals surface area contributed by atoms with Crippen LogP contribution in [0.4, 0.5) is 0 Å². The molecule has 0 spiro atoms. The minimum Gasteiger partial charge on any atom is -0.481 e. The van der Waals surface area contributed by atoms with Crippen LogP contribution in [0.15, 0.2) is 84.9 Å². The minimum absolute atomic E-state index is 0.00960. The summed E-state index contributed by atoms with van der Waals surface area (Å²) in [6.45, 7) is 18.1. The van der Waals surface area contributed by atoms with Crippen molar-refractivity contribution in [3.63, 3.8) is 0 Å². The number of aryl methyl sites for hydroxylation is 3. The second kappa shape index (κ2) is 56.8. The third-order valence-corrected chi connectivity index (χ3v) is 12.3. The van der Waals surface area contributed by atoms with Gasteiger partial charge in [0.15, 0.2) is 0 Å². The van der Waals surface area contributed by atoms with E-state index in [1.54, 1.807) is 39.0 Å². The van der Waals surface area contributed by atoms with Crippen molar-refractivity contribution in [1.82, 2.24) is 0 Å². The highest BCUT2D eigenvalue weighted by Crippen LogP contribution is 2.17. The Kier molecular flexibility index (Phi) is 53.9. The Hall–Kier alpha value is -8.96. The van der Waals surface area contributed by atoms with Crippen LogP contribution in [-0.4, -0.2) is 142 Å². The largest absolute Gasteiger partial charge is 0.481 e. The number of rotatable bonds is 38. The van der Waals surface area contributed by atoms with E-state index in [-0.39, 0.29) is 114 Å². The molecule has 6 N–H and O–H groups in total. The molecule has 0 fully saturated rings. The van der Waals surface area contributed by atoms with Crippen LogP contribution in [-0.2, 0) is 87.6 Å². The predicted octanol–water partition coefficient (Wildman–Crippen LogP) is 12.3. The van der Waals surface area contributed by atoms with Crippen LogP contribution < -0.4 is 0 Å². The van der Waals surface area contributed by atoms with E-state index in [1.165, 1.54) is 6.08 Å². The summed E-state index contributed by atoms with van der Waals surface area (Å²) in [6, 6.07) is 24.5. The average molecular weight is 1330 g/mol. The summed E-state index contributed by atoms with van der Waals surface area (Å²) in [5, 5.41) is 50.2. The Balaban J connectivity index is -0.00000106. The fraction of sp³-hybridized carbons (Fsp3) is 0.543. The first-order chi connectivity index (χ1) is 44.4. The second-order valence-electron chi connectivity index (χ2n) is 22.1. The molecule has 0 aliphatic carbocycles. The number of carbonyl (C=O) groups is 12. The number of ether oxygens (including phenoxy) is 6. The van der Waals surface area contributed by atoms with Gasteiger partial charge in [-0.3, -0.25) is 47.9 Å². The van der Waals surface area contributed by atoms with Crippen LogP contribution in [0.2, 0.25) is 0 Å². The first kappa shape index (κ1) is 89.2. The number of aliphatic carboxylic acids is 6. The van der Waals surface area contributed by atoms with Gasteiger partial charge in [0.2, 0.25) is 0 Å². The summed E-state index contributed by atoms with van der Waals surface area (Å²) in [6.07, 6.45) is 11.5. The number of esters is 6. The fourth-order valence-corrected chi connectivity index (χ4v) is 7.44. The van der Waals surface area contributed by atoms with Gasteiger partial charge in [0.05, 0.1) is 62.5 Å². The van der Waals surface area contributed by atoms with Gasteiger partial charge in [0, 0.05) is 51.0 Å². The van der Waals surface area contributed by atoms with E-state index in [2.05, 4.69) is 0 Å². The molecule has 0 amide bonds. The Bertz CT molecular complexity index is 2670. The predicted molar refractivity (Wildman–Crippen MR) is 349 cm³/mol. The van der Waals surface area contributed by atoms with Crippen molar-refractivity contribution in [2.24, 2.45) is 17.3 Å².